The largest absolute Gasteiger partial charge is 0.219 e. The van der Waals surface area contributed by atoms with E-state index in [1.165, 1.54) is 64.2 Å². The van der Waals surface area contributed by atoms with Gasteiger partial charge in [-0.2, -0.15) is 0 Å². The van der Waals surface area contributed by atoms with Crippen molar-refractivity contribution >= 4 is 6.01 Å². The first-order valence-electron chi connectivity index (χ1n) is 7.31. The fourth-order valence-corrected chi connectivity index (χ4v) is 3.12. The van der Waals surface area contributed by atoms with Crippen LogP contribution in [0.4, 0.5) is 0 Å². The van der Waals surface area contributed by atoms with Gasteiger partial charge in [-0.25, -0.2) is 9.98 Å². The molecule has 0 saturated heterocycles. The minimum atomic E-state index is 0.132. The normalized spacial score (nSPS) is 26.9. The lowest BCUT2D eigenvalue weighted by molar-refractivity contribution is 0.319. The van der Waals surface area contributed by atoms with E-state index < -0.39 is 0 Å². The van der Waals surface area contributed by atoms with Crippen molar-refractivity contribution in [3.8, 4) is 0 Å². The van der Waals surface area contributed by atoms with Crippen LogP contribution in [-0.2, 0) is 0 Å². The molecular weight excluding hydrogens is 208 g/mol. The van der Waals surface area contributed by atoms with Crippen molar-refractivity contribution in [1.82, 2.24) is 0 Å². The zero-order chi connectivity index (χ0) is 12.2. The summed E-state index contributed by atoms with van der Waals surface area (Å²) < 4.78 is 0. The summed E-state index contributed by atoms with van der Waals surface area (Å²) in [6.45, 7) is 4.52. The minimum Gasteiger partial charge on any atom is -0.219 e. The van der Waals surface area contributed by atoms with Crippen LogP contribution in [0.5, 0.6) is 0 Å². The van der Waals surface area contributed by atoms with Gasteiger partial charge in [-0.05, 0) is 39.5 Å². The SMILES string of the molecule is CC1(N=C=NC2(C)CCCCC2)CCCCC1. The van der Waals surface area contributed by atoms with Gasteiger partial charge in [0.15, 0.2) is 0 Å². The third-order valence-electron chi connectivity index (χ3n) is 4.50. The van der Waals surface area contributed by atoms with Crippen molar-refractivity contribution < 1.29 is 0 Å². The maximum Gasteiger partial charge on any atom is 0.0903 e. The lowest BCUT2D eigenvalue weighted by atomic mass is 9.84. The second-order valence-corrected chi connectivity index (χ2v) is 6.44. The van der Waals surface area contributed by atoms with Crippen LogP contribution in [0, 0.1) is 0 Å². The second kappa shape index (κ2) is 5.35. The Labute approximate surface area is 106 Å². The lowest BCUT2D eigenvalue weighted by Crippen LogP contribution is -2.26. The van der Waals surface area contributed by atoms with Gasteiger partial charge in [0.2, 0.25) is 0 Å². The molecule has 0 aromatic heterocycles. The molecular formula is C15H26N2. The van der Waals surface area contributed by atoms with E-state index in [-0.39, 0.29) is 11.1 Å². The van der Waals surface area contributed by atoms with Crippen LogP contribution < -0.4 is 0 Å². The molecule has 0 aromatic rings. The van der Waals surface area contributed by atoms with E-state index in [9.17, 15) is 0 Å². The molecule has 0 aliphatic heterocycles. The van der Waals surface area contributed by atoms with Gasteiger partial charge in [0.1, 0.15) is 0 Å². The predicted molar refractivity (Wildman–Crippen MR) is 72.8 cm³/mol. The van der Waals surface area contributed by atoms with Gasteiger partial charge in [-0.15, -0.1) is 0 Å². The maximum atomic E-state index is 4.64. The van der Waals surface area contributed by atoms with Crippen LogP contribution in [0.1, 0.15) is 78.1 Å². The molecule has 0 radical (unpaired) electrons. The Bertz CT molecular complexity index is 273. The average molecular weight is 234 g/mol. The predicted octanol–water partition coefficient (Wildman–Crippen LogP) is 4.61. The highest BCUT2D eigenvalue weighted by atomic mass is 14.9. The van der Waals surface area contributed by atoms with Crippen LogP contribution in [-0.4, -0.2) is 17.1 Å². The van der Waals surface area contributed by atoms with Gasteiger partial charge in [0, 0.05) is 0 Å². The molecule has 0 atom stereocenters. The molecule has 2 aliphatic rings. The quantitative estimate of drug-likeness (QED) is 0.624. The van der Waals surface area contributed by atoms with Crippen LogP contribution >= 0.6 is 0 Å². The van der Waals surface area contributed by atoms with Crippen LogP contribution in [0.3, 0.4) is 0 Å². The summed E-state index contributed by atoms with van der Waals surface area (Å²) in [6.07, 6.45) is 12.9. The maximum absolute atomic E-state index is 4.64. The fourth-order valence-electron chi connectivity index (χ4n) is 3.12. The third kappa shape index (κ3) is 3.67. The summed E-state index contributed by atoms with van der Waals surface area (Å²) in [4.78, 5) is 9.28. The number of aliphatic imine (C=N–C) groups is 2. The Balaban J connectivity index is 1.98. The van der Waals surface area contributed by atoms with E-state index in [0.29, 0.717) is 0 Å². The molecule has 2 nitrogen and oxygen atoms in total. The Morgan fingerprint density at radius 3 is 1.35 bits per heavy atom. The zero-order valence-electron chi connectivity index (χ0n) is 11.5. The highest BCUT2D eigenvalue weighted by Gasteiger charge is 2.27. The molecule has 0 amide bonds. The first kappa shape index (κ1) is 12.8. The fraction of sp³-hybridized carbons (Fsp3) is 0.933. The van der Waals surface area contributed by atoms with Crippen molar-refractivity contribution in [2.75, 3.05) is 0 Å². The summed E-state index contributed by atoms with van der Waals surface area (Å²) in [5, 5.41) is 0. The molecule has 2 saturated carbocycles. The van der Waals surface area contributed by atoms with E-state index in [1.54, 1.807) is 0 Å². The van der Waals surface area contributed by atoms with Crippen LogP contribution in [0.15, 0.2) is 9.98 Å². The minimum absolute atomic E-state index is 0.132. The molecule has 2 fully saturated rings. The second-order valence-electron chi connectivity index (χ2n) is 6.44. The van der Waals surface area contributed by atoms with Gasteiger partial charge in [-0.3, -0.25) is 0 Å². The van der Waals surface area contributed by atoms with E-state index in [0.717, 1.165) is 0 Å². The van der Waals surface area contributed by atoms with E-state index >= 15 is 0 Å². The summed E-state index contributed by atoms with van der Waals surface area (Å²) in [5.41, 5.74) is 0.263. The van der Waals surface area contributed by atoms with E-state index in [4.69, 9.17) is 0 Å². The number of rotatable bonds is 2. The summed E-state index contributed by atoms with van der Waals surface area (Å²) in [5.74, 6) is 0. The van der Waals surface area contributed by atoms with Crippen molar-refractivity contribution in [2.45, 2.75) is 89.1 Å². The summed E-state index contributed by atoms with van der Waals surface area (Å²) in [6, 6.07) is 3.06. The first-order chi connectivity index (χ1) is 8.12. The van der Waals surface area contributed by atoms with Gasteiger partial charge in [0.25, 0.3) is 0 Å². The topological polar surface area (TPSA) is 24.7 Å². The number of nitrogens with zero attached hydrogens (tertiary/aromatic N) is 2. The third-order valence-corrected chi connectivity index (χ3v) is 4.50. The lowest BCUT2D eigenvalue weighted by Gasteiger charge is -2.29. The smallest absolute Gasteiger partial charge is 0.0903 e. The molecule has 0 spiro atoms. The molecule has 0 heterocycles. The zero-order valence-corrected chi connectivity index (χ0v) is 11.5. The van der Waals surface area contributed by atoms with Gasteiger partial charge < -0.3 is 0 Å². The van der Waals surface area contributed by atoms with Gasteiger partial charge in [-0.1, -0.05) is 38.5 Å². The molecule has 17 heavy (non-hydrogen) atoms. The summed E-state index contributed by atoms with van der Waals surface area (Å²) in [7, 11) is 0. The number of hydrogen-bond donors (Lipinski definition) is 0. The Morgan fingerprint density at radius 2 is 1.00 bits per heavy atom. The average Bonchev–Trinajstić information content (AvgIpc) is 2.30. The molecule has 0 unspecified atom stereocenters. The van der Waals surface area contributed by atoms with E-state index in [2.05, 4.69) is 29.8 Å². The monoisotopic (exact) mass is 234 g/mol. The molecule has 0 N–H and O–H groups in total. The first-order valence-corrected chi connectivity index (χ1v) is 7.31. The van der Waals surface area contributed by atoms with E-state index in [1.807, 2.05) is 0 Å². The highest BCUT2D eigenvalue weighted by molar-refractivity contribution is 5.43. The Kier molecular flexibility index (Phi) is 4.04. The standard InChI is InChI=1S/C15H26N2/c1-14(9-5-3-6-10-14)16-13-17-15(2)11-7-4-8-12-15/h3-12H2,1-2H3. The van der Waals surface area contributed by atoms with Crippen LogP contribution in [0.2, 0.25) is 0 Å². The van der Waals surface area contributed by atoms with Gasteiger partial charge >= 0.3 is 0 Å². The molecule has 96 valence electrons. The van der Waals surface area contributed by atoms with Crippen molar-refractivity contribution in [3.05, 3.63) is 0 Å². The van der Waals surface area contributed by atoms with Crippen LogP contribution in [0.25, 0.3) is 0 Å². The Morgan fingerprint density at radius 1 is 0.647 bits per heavy atom. The highest BCUT2D eigenvalue weighted by Crippen LogP contribution is 2.32. The Hall–Kier alpha value is -0.620. The van der Waals surface area contributed by atoms with Gasteiger partial charge in [0.05, 0.1) is 17.1 Å². The molecule has 2 aliphatic carbocycles. The van der Waals surface area contributed by atoms with Crippen molar-refractivity contribution in [3.63, 3.8) is 0 Å². The molecule has 2 heteroatoms. The number of hydrogen-bond acceptors (Lipinski definition) is 2. The molecule has 0 aromatic carbocycles. The summed E-state index contributed by atoms with van der Waals surface area (Å²) >= 11 is 0. The molecule has 2 rings (SSSR count). The van der Waals surface area contributed by atoms with Crippen molar-refractivity contribution in [1.29, 1.82) is 0 Å². The van der Waals surface area contributed by atoms with Crippen molar-refractivity contribution in [2.24, 2.45) is 9.98 Å². The molecule has 0 bridgehead atoms.